The molecule has 0 aliphatic carbocycles. The van der Waals surface area contributed by atoms with Crippen LogP contribution in [-0.2, 0) is 21.4 Å². The largest absolute Gasteiger partial charge is 0.331 e. The summed E-state index contributed by atoms with van der Waals surface area (Å²) in [7, 11) is -3.40. The van der Waals surface area contributed by atoms with E-state index in [0.29, 0.717) is 24.6 Å². The first kappa shape index (κ1) is 21.2. The van der Waals surface area contributed by atoms with E-state index in [1.165, 1.54) is 0 Å². The van der Waals surface area contributed by atoms with Gasteiger partial charge in [0.2, 0.25) is 15.9 Å². The van der Waals surface area contributed by atoms with Crippen LogP contribution in [0.2, 0.25) is 0 Å². The third-order valence-corrected chi connectivity index (χ3v) is 5.93. The standard InChI is InChI=1S/C20H25N7O3S/c1-14-11-21-26(12-14)9-8-18(28)27-13-16(25-31(2,29)30)10-17(27)20-22-19(23-24-20)15-6-4-3-5-7-15/h3-7,11-12,16-17,25H,8-10,13H2,1-2H3,(H,22,23,24)/t16-,17-/m0/s1. The van der Waals surface area contributed by atoms with Crippen molar-refractivity contribution >= 4 is 15.9 Å². The van der Waals surface area contributed by atoms with Crippen molar-refractivity contribution in [2.24, 2.45) is 0 Å². The Bertz CT molecular complexity index is 1160. The second-order valence-electron chi connectivity index (χ2n) is 7.83. The van der Waals surface area contributed by atoms with Crippen molar-refractivity contribution in [2.75, 3.05) is 12.8 Å². The molecule has 1 aliphatic heterocycles. The van der Waals surface area contributed by atoms with Crippen LogP contribution in [0.25, 0.3) is 11.4 Å². The summed E-state index contributed by atoms with van der Waals surface area (Å²) in [4.78, 5) is 19.3. The molecule has 1 amide bonds. The van der Waals surface area contributed by atoms with Crippen molar-refractivity contribution < 1.29 is 13.2 Å². The number of aryl methyl sites for hydroxylation is 2. The van der Waals surface area contributed by atoms with E-state index in [-0.39, 0.29) is 24.9 Å². The Hall–Kier alpha value is -3.05. The molecule has 1 saturated heterocycles. The van der Waals surface area contributed by atoms with Crippen LogP contribution >= 0.6 is 0 Å². The maximum atomic E-state index is 13.0. The van der Waals surface area contributed by atoms with E-state index in [0.717, 1.165) is 17.4 Å². The number of sulfonamides is 1. The summed E-state index contributed by atoms with van der Waals surface area (Å²) in [6, 6.07) is 8.75. The van der Waals surface area contributed by atoms with Gasteiger partial charge in [0.05, 0.1) is 18.5 Å². The van der Waals surface area contributed by atoms with Crippen molar-refractivity contribution in [3.8, 4) is 11.4 Å². The van der Waals surface area contributed by atoms with Crippen molar-refractivity contribution in [2.45, 2.75) is 38.4 Å². The summed E-state index contributed by atoms with van der Waals surface area (Å²) in [5, 5.41) is 11.5. The molecule has 0 unspecified atom stereocenters. The maximum absolute atomic E-state index is 13.0. The first-order valence-corrected chi connectivity index (χ1v) is 11.9. The van der Waals surface area contributed by atoms with Gasteiger partial charge in [0.1, 0.15) is 5.82 Å². The van der Waals surface area contributed by atoms with Crippen LogP contribution in [0.5, 0.6) is 0 Å². The van der Waals surface area contributed by atoms with E-state index in [4.69, 9.17) is 0 Å². The summed E-state index contributed by atoms with van der Waals surface area (Å²) in [6.07, 6.45) is 5.42. The van der Waals surface area contributed by atoms with E-state index in [2.05, 4.69) is 25.0 Å². The van der Waals surface area contributed by atoms with Gasteiger partial charge in [-0.15, -0.1) is 0 Å². The van der Waals surface area contributed by atoms with Gasteiger partial charge >= 0.3 is 0 Å². The number of nitrogens with zero attached hydrogens (tertiary/aromatic N) is 5. The second kappa shape index (κ2) is 8.60. The monoisotopic (exact) mass is 443 g/mol. The Kier molecular flexibility index (Phi) is 5.88. The summed E-state index contributed by atoms with van der Waals surface area (Å²) < 4.78 is 27.8. The molecule has 1 aliphatic rings. The van der Waals surface area contributed by atoms with Crippen molar-refractivity contribution in [3.05, 3.63) is 54.1 Å². The maximum Gasteiger partial charge on any atom is 0.225 e. The highest BCUT2D eigenvalue weighted by Crippen LogP contribution is 2.32. The van der Waals surface area contributed by atoms with Crippen molar-refractivity contribution in [3.63, 3.8) is 0 Å². The highest BCUT2D eigenvalue weighted by atomic mass is 32.2. The molecule has 0 bridgehead atoms. The third-order valence-electron chi connectivity index (χ3n) is 5.17. The number of carbonyl (C=O) groups is 1. The van der Waals surface area contributed by atoms with Crippen LogP contribution in [0.1, 0.15) is 30.3 Å². The van der Waals surface area contributed by atoms with Crippen LogP contribution in [-0.4, -0.2) is 63.0 Å². The molecule has 31 heavy (non-hydrogen) atoms. The SMILES string of the molecule is Cc1cnn(CCC(=O)N2C[C@@H](NS(C)(=O)=O)C[C@H]2c2nc(-c3ccccc3)n[nH]2)c1. The van der Waals surface area contributed by atoms with E-state index in [1.54, 1.807) is 15.8 Å². The average Bonchev–Trinajstić information content (AvgIpc) is 3.45. The average molecular weight is 444 g/mol. The number of likely N-dealkylation sites (tertiary alicyclic amines) is 1. The number of nitrogens with one attached hydrogen (secondary N) is 2. The van der Waals surface area contributed by atoms with Crippen molar-refractivity contribution in [1.82, 2.24) is 34.6 Å². The number of hydrogen-bond donors (Lipinski definition) is 2. The summed E-state index contributed by atoms with van der Waals surface area (Å²) in [5.74, 6) is 0.989. The molecule has 2 aromatic heterocycles. The van der Waals surface area contributed by atoms with E-state index in [9.17, 15) is 13.2 Å². The predicted octanol–water partition coefficient (Wildman–Crippen LogP) is 1.26. The molecular weight excluding hydrogens is 418 g/mol. The van der Waals surface area contributed by atoms with Crippen LogP contribution in [0.15, 0.2) is 42.7 Å². The molecule has 3 aromatic rings. The molecule has 11 heteroatoms. The number of carbonyl (C=O) groups excluding carboxylic acids is 1. The Morgan fingerprint density at radius 3 is 2.74 bits per heavy atom. The van der Waals surface area contributed by atoms with Gasteiger partial charge in [-0.05, 0) is 18.9 Å². The van der Waals surface area contributed by atoms with Crippen LogP contribution in [0.3, 0.4) is 0 Å². The molecule has 2 N–H and O–H groups in total. The lowest BCUT2D eigenvalue weighted by molar-refractivity contribution is -0.132. The Labute approximate surface area is 180 Å². The smallest absolute Gasteiger partial charge is 0.225 e. The lowest BCUT2D eigenvalue weighted by atomic mass is 10.1. The molecule has 0 radical (unpaired) electrons. The summed E-state index contributed by atoms with van der Waals surface area (Å²) in [5.41, 5.74) is 1.89. The molecule has 0 saturated carbocycles. The summed E-state index contributed by atoms with van der Waals surface area (Å²) in [6.45, 7) is 2.67. The molecule has 4 rings (SSSR count). The topological polar surface area (TPSA) is 126 Å². The van der Waals surface area contributed by atoms with Gasteiger partial charge in [0.15, 0.2) is 5.82 Å². The molecule has 10 nitrogen and oxygen atoms in total. The summed E-state index contributed by atoms with van der Waals surface area (Å²) >= 11 is 0. The molecule has 1 aromatic carbocycles. The fraction of sp³-hybridized carbons (Fsp3) is 0.400. The normalized spacial score (nSPS) is 19.1. The fourth-order valence-electron chi connectivity index (χ4n) is 3.84. The number of rotatable bonds is 7. The van der Waals surface area contributed by atoms with E-state index < -0.39 is 16.1 Å². The van der Waals surface area contributed by atoms with Gasteiger partial charge in [0.25, 0.3) is 0 Å². The third kappa shape index (κ3) is 5.17. The number of aromatic nitrogens is 5. The van der Waals surface area contributed by atoms with Gasteiger partial charge in [-0.1, -0.05) is 30.3 Å². The minimum Gasteiger partial charge on any atom is -0.331 e. The molecule has 2 atom stereocenters. The van der Waals surface area contributed by atoms with Crippen LogP contribution in [0.4, 0.5) is 0 Å². The molecule has 164 valence electrons. The number of amides is 1. The van der Waals surface area contributed by atoms with Gasteiger partial charge < -0.3 is 4.90 Å². The Morgan fingerprint density at radius 1 is 1.29 bits per heavy atom. The zero-order valence-electron chi connectivity index (χ0n) is 17.4. The zero-order valence-corrected chi connectivity index (χ0v) is 18.2. The fourth-order valence-corrected chi connectivity index (χ4v) is 4.62. The molecule has 1 fully saturated rings. The first-order valence-electron chi connectivity index (χ1n) is 10.0. The van der Waals surface area contributed by atoms with Gasteiger partial charge in [-0.3, -0.25) is 14.6 Å². The lowest BCUT2D eigenvalue weighted by Gasteiger charge is -2.22. The predicted molar refractivity (Wildman–Crippen MR) is 114 cm³/mol. The Balaban J connectivity index is 1.53. The molecule has 3 heterocycles. The number of benzene rings is 1. The minimum atomic E-state index is -3.40. The first-order chi connectivity index (χ1) is 14.8. The van der Waals surface area contributed by atoms with Gasteiger partial charge in [-0.25, -0.2) is 18.1 Å². The quantitative estimate of drug-likeness (QED) is 0.566. The van der Waals surface area contributed by atoms with Crippen LogP contribution in [0, 0.1) is 6.92 Å². The number of H-pyrrole nitrogens is 1. The number of hydrogen-bond acceptors (Lipinski definition) is 6. The minimum absolute atomic E-state index is 0.0892. The second-order valence-corrected chi connectivity index (χ2v) is 9.61. The highest BCUT2D eigenvalue weighted by molar-refractivity contribution is 7.88. The van der Waals surface area contributed by atoms with Gasteiger partial charge in [-0.2, -0.15) is 10.2 Å². The molecule has 0 spiro atoms. The Morgan fingerprint density at radius 2 is 2.06 bits per heavy atom. The highest BCUT2D eigenvalue weighted by Gasteiger charge is 2.39. The van der Waals surface area contributed by atoms with Gasteiger partial charge in [0, 0.05) is 37.3 Å². The lowest BCUT2D eigenvalue weighted by Crippen LogP contribution is -2.38. The van der Waals surface area contributed by atoms with Crippen LogP contribution < -0.4 is 4.72 Å². The van der Waals surface area contributed by atoms with E-state index >= 15 is 0 Å². The zero-order chi connectivity index (χ0) is 22.0. The number of aromatic amines is 1. The van der Waals surface area contributed by atoms with Crippen molar-refractivity contribution in [1.29, 1.82) is 0 Å². The molecular formula is C20H25N7O3S. The van der Waals surface area contributed by atoms with E-state index in [1.807, 2.05) is 43.5 Å².